The number of nitrogens with one attached hydrogen (secondary N) is 1. The lowest BCUT2D eigenvalue weighted by Crippen LogP contribution is -2.26. The summed E-state index contributed by atoms with van der Waals surface area (Å²) in [7, 11) is 0. The molecule has 3 heteroatoms. The van der Waals surface area contributed by atoms with Gasteiger partial charge >= 0.3 is 0 Å². The standard InChI is InChI=1S/C15H27NO2/c17-15(12-13-6-1-2-7-13)16-10-4-3-8-14-9-5-11-18-14/h13-14H,1-12H2,(H,16,17). The van der Waals surface area contributed by atoms with Gasteiger partial charge in [-0.3, -0.25) is 4.79 Å². The predicted octanol–water partition coefficient (Wildman–Crippen LogP) is 3.03. The molecule has 1 saturated heterocycles. The number of unbranched alkanes of at least 4 members (excludes halogenated alkanes) is 1. The van der Waals surface area contributed by atoms with Gasteiger partial charge in [-0.25, -0.2) is 0 Å². The summed E-state index contributed by atoms with van der Waals surface area (Å²) in [6.45, 7) is 1.79. The van der Waals surface area contributed by atoms with E-state index in [1.54, 1.807) is 0 Å². The fourth-order valence-electron chi connectivity index (χ4n) is 3.15. The third-order valence-corrected chi connectivity index (χ3v) is 4.25. The molecule has 1 aliphatic carbocycles. The molecule has 0 radical (unpaired) electrons. The van der Waals surface area contributed by atoms with E-state index in [-0.39, 0.29) is 5.91 Å². The van der Waals surface area contributed by atoms with Crippen LogP contribution in [0.25, 0.3) is 0 Å². The molecule has 18 heavy (non-hydrogen) atoms. The Kier molecular flexibility index (Phi) is 5.98. The van der Waals surface area contributed by atoms with Gasteiger partial charge in [-0.15, -0.1) is 0 Å². The number of ether oxygens (including phenoxy) is 1. The molecule has 0 aromatic carbocycles. The summed E-state index contributed by atoms with van der Waals surface area (Å²) in [6, 6.07) is 0. The molecule has 0 aromatic heterocycles. The minimum atomic E-state index is 0.263. The van der Waals surface area contributed by atoms with E-state index < -0.39 is 0 Å². The van der Waals surface area contributed by atoms with E-state index in [1.165, 1.54) is 51.4 Å². The van der Waals surface area contributed by atoms with Gasteiger partial charge in [0.05, 0.1) is 6.10 Å². The summed E-state index contributed by atoms with van der Waals surface area (Å²) in [4.78, 5) is 11.7. The highest BCUT2D eigenvalue weighted by atomic mass is 16.5. The molecule has 0 aromatic rings. The molecular weight excluding hydrogens is 226 g/mol. The minimum Gasteiger partial charge on any atom is -0.378 e. The van der Waals surface area contributed by atoms with Crippen molar-refractivity contribution in [2.45, 2.75) is 70.3 Å². The SMILES string of the molecule is O=C(CC1CCCC1)NCCCCC1CCCO1. The van der Waals surface area contributed by atoms with Crippen LogP contribution in [0.15, 0.2) is 0 Å². The molecule has 1 heterocycles. The first-order valence-corrected chi connectivity index (χ1v) is 7.73. The van der Waals surface area contributed by atoms with Crippen LogP contribution in [0.2, 0.25) is 0 Å². The van der Waals surface area contributed by atoms with Crippen molar-refractivity contribution in [1.29, 1.82) is 0 Å². The second-order valence-corrected chi connectivity index (χ2v) is 5.84. The Morgan fingerprint density at radius 2 is 1.94 bits per heavy atom. The van der Waals surface area contributed by atoms with Crippen molar-refractivity contribution in [1.82, 2.24) is 5.32 Å². The first kappa shape index (κ1) is 13.9. The fraction of sp³-hybridized carbons (Fsp3) is 0.933. The maximum atomic E-state index is 11.7. The summed E-state index contributed by atoms with van der Waals surface area (Å²) in [5.74, 6) is 0.927. The predicted molar refractivity (Wildman–Crippen MR) is 72.4 cm³/mol. The number of hydrogen-bond donors (Lipinski definition) is 1. The molecule has 0 spiro atoms. The molecule has 1 unspecified atom stereocenters. The summed E-state index contributed by atoms with van der Waals surface area (Å²) in [6.07, 6.45) is 12.3. The Bertz CT molecular complexity index is 243. The van der Waals surface area contributed by atoms with E-state index in [4.69, 9.17) is 4.74 Å². The van der Waals surface area contributed by atoms with Gasteiger partial charge in [0.1, 0.15) is 0 Å². The number of carbonyl (C=O) groups excluding carboxylic acids is 1. The van der Waals surface area contributed by atoms with Gasteiger partial charge in [0.2, 0.25) is 5.91 Å². The zero-order valence-electron chi connectivity index (χ0n) is 11.5. The van der Waals surface area contributed by atoms with Gasteiger partial charge in [0.25, 0.3) is 0 Å². The molecule has 3 nitrogen and oxygen atoms in total. The Morgan fingerprint density at radius 3 is 2.67 bits per heavy atom. The summed E-state index contributed by atoms with van der Waals surface area (Å²) in [5, 5.41) is 3.06. The van der Waals surface area contributed by atoms with Crippen LogP contribution in [-0.4, -0.2) is 25.2 Å². The topological polar surface area (TPSA) is 38.3 Å². The summed E-state index contributed by atoms with van der Waals surface area (Å²) >= 11 is 0. The van der Waals surface area contributed by atoms with E-state index in [0.29, 0.717) is 12.0 Å². The third kappa shape index (κ3) is 4.97. The van der Waals surface area contributed by atoms with Crippen LogP contribution in [0.1, 0.15) is 64.2 Å². The average molecular weight is 253 g/mol. The Morgan fingerprint density at radius 1 is 1.11 bits per heavy atom. The minimum absolute atomic E-state index is 0.263. The molecule has 104 valence electrons. The maximum Gasteiger partial charge on any atom is 0.220 e. The van der Waals surface area contributed by atoms with Crippen molar-refractivity contribution in [3.8, 4) is 0 Å². The second-order valence-electron chi connectivity index (χ2n) is 5.84. The molecule has 1 aliphatic heterocycles. The van der Waals surface area contributed by atoms with Gasteiger partial charge in [0.15, 0.2) is 0 Å². The number of carbonyl (C=O) groups is 1. The van der Waals surface area contributed by atoms with Crippen LogP contribution in [0.5, 0.6) is 0 Å². The summed E-state index contributed by atoms with van der Waals surface area (Å²) in [5.41, 5.74) is 0. The monoisotopic (exact) mass is 253 g/mol. The van der Waals surface area contributed by atoms with E-state index >= 15 is 0 Å². The lowest BCUT2D eigenvalue weighted by atomic mass is 10.0. The highest BCUT2D eigenvalue weighted by Crippen LogP contribution is 2.27. The zero-order valence-corrected chi connectivity index (χ0v) is 11.5. The van der Waals surface area contributed by atoms with Crippen LogP contribution in [0.4, 0.5) is 0 Å². The lowest BCUT2D eigenvalue weighted by molar-refractivity contribution is -0.121. The van der Waals surface area contributed by atoms with Crippen molar-refractivity contribution in [3.05, 3.63) is 0 Å². The Balaban J connectivity index is 1.43. The van der Waals surface area contributed by atoms with Crippen molar-refractivity contribution in [3.63, 3.8) is 0 Å². The first-order chi connectivity index (χ1) is 8.84. The molecule has 1 atom stereocenters. The van der Waals surface area contributed by atoms with Crippen molar-refractivity contribution in [2.75, 3.05) is 13.2 Å². The Hall–Kier alpha value is -0.570. The molecule has 1 saturated carbocycles. The molecular formula is C15H27NO2. The average Bonchev–Trinajstić information content (AvgIpc) is 3.01. The van der Waals surface area contributed by atoms with E-state index in [2.05, 4.69) is 5.32 Å². The second kappa shape index (κ2) is 7.78. The van der Waals surface area contributed by atoms with E-state index in [1.807, 2.05) is 0 Å². The highest BCUT2D eigenvalue weighted by Gasteiger charge is 2.18. The van der Waals surface area contributed by atoms with Gasteiger partial charge in [-0.05, 0) is 50.9 Å². The van der Waals surface area contributed by atoms with Gasteiger partial charge in [0, 0.05) is 19.6 Å². The van der Waals surface area contributed by atoms with Gasteiger partial charge in [-0.1, -0.05) is 12.8 Å². The maximum absolute atomic E-state index is 11.7. The lowest BCUT2D eigenvalue weighted by Gasteiger charge is -2.11. The largest absolute Gasteiger partial charge is 0.378 e. The van der Waals surface area contributed by atoms with Crippen molar-refractivity contribution in [2.24, 2.45) is 5.92 Å². The van der Waals surface area contributed by atoms with E-state index in [9.17, 15) is 4.79 Å². The van der Waals surface area contributed by atoms with Crippen LogP contribution in [0, 0.1) is 5.92 Å². The van der Waals surface area contributed by atoms with Crippen LogP contribution in [0.3, 0.4) is 0 Å². The van der Waals surface area contributed by atoms with Crippen LogP contribution < -0.4 is 5.32 Å². The number of hydrogen-bond acceptors (Lipinski definition) is 2. The molecule has 0 bridgehead atoms. The van der Waals surface area contributed by atoms with E-state index in [0.717, 1.165) is 26.0 Å². The molecule has 1 N–H and O–H groups in total. The zero-order chi connectivity index (χ0) is 12.6. The van der Waals surface area contributed by atoms with Gasteiger partial charge in [-0.2, -0.15) is 0 Å². The smallest absolute Gasteiger partial charge is 0.220 e. The molecule has 1 amide bonds. The quantitative estimate of drug-likeness (QED) is 0.708. The number of rotatable bonds is 7. The molecule has 2 aliphatic rings. The van der Waals surface area contributed by atoms with Crippen molar-refractivity contribution < 1.29 is 9.53 Å². The van der Waals surface area contributed by atoms with Crippen molar-refractivity contribution >= 4 is 5.91 Å². The summed E-state index contributed by atoms with van der Waals surface area (Å²) < 4.78 is 5.58. The fourth-order valence-corrected chi connectivity index (χ4v) is 3.15. The Labute approximate surface area is 111 Å². The molecule has 2 rings (SSSR count). The molecule has 2 fully saturated rings. The normalized spacial score (nSPS) is 24.6. The van der Waals surface area contributed by atoms with Crippen LogP contribution in [-0.2, 0) is 9.53 Å². The van der Waals surface area contributed by atoms with Crippen LogP contribution >= 0.6 is 0 Å². The highest BCUT2D eigenvalue weighted by molar-refractivity contribution is 5.76. The van der Waals surface area contributed by atoms with Gasteiger partial charge < -0.3 is 10.1 Å². The third-order valence-electron chi connectivity index (χ3n) is 4.25. The number of amides is 1. The first-order valence-electron chi connectivity index (χ1n) is 7.73.